The monoisotopic (exact) mass is 223 g/mol. The Bertz CT molecular complexity index is 423. The van der Waals surface area contributed by atoms with E-state index >= 15 is 0 Å². The van der Waals surface area contributed by atoms with Gasteiger partial charge < -0.3 is 9.30 Å². The molecular formula is C12H17NO3. The molecule has 0 amide bonds. The number of pyridine rings is 1. The van der Waals surface area contributed by atoms with Crippen molar-refractivity contribution in [1.82, 2.24) is 4.57 Å². The van der Waals surface area contributed by atoms with E-state index in [1.807, 2.05) is 6.92 Å². The predicted molar refractivity (Wildman–Crippen MR) is 61.4 cm³/mol. The lowest BCUT2D eigenvalue weighted by molar-refractivity contribution is -0.147. The van der Waals surface area contributed by atoms with Crippen molar-refractivity contribution in [3.05, 3.63) is 34.2 Å². The van der Waals surface area contributed by atoms with Gasteiger partial charge in [-0.15, -0.1) is 0 Å². The zero-order valence-corrected chi connectivity index (χ0v) is 9.90. The maximum absolute atomic E-state index is 11.8. The number of rotatable bonds is 4. The second kappa shape index (κ2) is 5.49. The number of nitrogens with zero attached hydrogens (tertiary/aromatic N) is 1. The van der Waals surface area contributed by atoms with Crippen molar-refractivity contribution < 1.29 is 9.53 Å². The fourth-order valence-electron chi connectivity index (χ4n) is 1.58. The molecule has 88 valence electrons. The first-order valence-electron chi connectivity index (χ1n) is 5.46. The Morgan fingerprint density at radius 1 is 1.50 bits per heavy atom. The van der Waals surface area contributed by atoms with Gasteiger partial charge >= 0.3 is 5.97 Å². The number of esters is 1. The highest BCUT2D eigenvalue weighted by Gasteiger charge is 2.20. The molecule has 0 saturated heterocycles. The molecule has 0 aromatic carbocycles. The summed E-state index contributed by atoms with van der Waals surface area (Å²) in [7, 11) is 0. The summed E-state index contributed by atoms with van der Waals surface area (Å²) < 4.78 is 6.38. The fourth-order valence-corrected chi connectivity index (χ4v) is 1.58. The molecule has 4 heteroatoms. The highest BCUT2D eigenvalue weighted by atomic mass is 16.5. The Kier molecular flexibility index (Phi) is 4.28. The SMILES string of the molecule is CCOC(=O)C(CC)n1cccc(C)c1=O. The molecule has 0 aliphatic heterocycles. The molecule has 0 aliphatic carbocycles. The summed E-state index contributed by atoms with van der Waals surface area (Å²) in [5, 5.41) is 0. The predicted octanol–water partition coefficient (Wildman–Crippen LogP) is 1.67. The van der Waals surface area contributed by atoms with Crippen LogP contribution in [0.1, 0.15) is 31.9 Å². The van der Waals surface area contributed by atoms with Gasteiger partial charge in [-0.25, -0.2) is 4.79 Å². The Morgan fingerprint density at radius 2 is 2.19 bits per heavy atom. The lowest BCUT2D eigenvalue weighted by Gasteiger charge is -2.16. The molecule has 0 spiro atoms. The lowest BCUT2D eigenvalue weighted by Crippen LogP contribution is -2.31. The summed E-state index contributed by atoms with van der Waals surface area (Å²) in [6.45, 7) is 5.67. The van der Waals surface area contributed by atoms with E-state index in [9.17, 15) is 9.59 Å². The number of hydrogen-bond acceptors (Lipinski definition) is 3. The highest BCUT2D eigenvalue weighted by Crippen LogP contribution is 2.11. The lowest BCUT2D eigenvalue weighted by atomic mass is 10.2. The third kappa shape index (κ3) is 2.51. The summed E-state index contributed by atoms with van der Waals surface area (Å²) >= 11 is 0. The summed E-state index contributed by atoms with van der Waals surface area (Å²) in [5.74, 6) is -0.349. The zero-order chi connectivity index (χ0) is 12.1. The number of hydrogen-bond donors (Lipinski definition) is 0. The second-order valence-electron chi connectivity index (χ2n) is 3.58. The first kappa shape index (κ1) is 12.5. The molecular weight excluding hydrogens is 206 g/mol. The van der Waals surface area contributed by atoms with E-state index in [1.54, 1.807) is 32.2 Å². The zero-order valence-electron chi connectivity index (χ0n) is 9.90. The van der Waals surface area contributed by atoms with Gasteiger partial charge in [-0.3, -0.25) is 4.79 Å². The van der Waals surface area contributed by atoms with Gasteiger partial charge in [0.05, 0.1) is 6.61 Å². The molecule has 0 fully saturated rings. The standard InChI is InChI=1S/C12H17NO3/c1-4-10(12(15)16-5-2)13-8-6-7-9(3)11(13)14/h6-8,10H,4-5H2,1-3H3. The van der Waals surface area contributed by atoms with Crippen molar-refractivity contribution in [2.24, 2.45) is 0 Å². The number of carbonyl (C=O) groups is 1. The van der Waals surface area contributed by atoms with Crippen LogP contribution >= 0.6 is 0 Å². The van der Waals surface area contributed by atoms with Crippen molar-refractivity contribution in [2.75, 3.05) is 6.61 Å². The van der Waals surface area contributed by atoms with Crippen LogP contribution in [-0.4, -0.2) is 17.1 Å². The van der Waals surface area contributed by atoms with E-state index in [1.165, 1.54) is 4.57 Å². The minimum atomic E-state index is -0.521. The first-order valence-corrected chi connectivity index (χ1v) is 5.46. The molecule has 0 N–H and O–H groups in total. The highest BCUT2D eigenvalue weighted by molar-refractivity contribution is 5.74. The Hall–Kier alpha value is -1.58. The quantitative estimate of drug-likeness (QED) is 0.729. The maximum atomic E-state index is 11.8. The molecule has 1 unspecified atom stereocenters. The van der Waals surface area contributed by atoms with Gasteiger partial charge in [-0.1, -0.05) is 13.0 Å². The third-order valence-electron chi connectivity index (χ3n) is 2.45. The molecule has 0 radical (unpaired) electrons. The van der Waals surface area contributed by atoms with E-state index in [4.69, 9.17) is 4.74 Å². The van der Waals surface area contributed by atoms with E-state index in [0.717, 1.165) is 0 Å². The van der Waals surface area contributed by atoms with Crippen LogP contribution in [0.2, 0.25) is 0 Å². The molecule has 0 aliphatic rings. The van der Waals surface area contributed by atoms with Gasteiger partial charge in [0.1, 0.15) is 6.04 Å². The minimum Gasteiger partial charge on any atom is -0.464 e. The van der Waals surface area contributed by atoms with E-state index in [-0.39, 0.29) is 11.5 Å². The maximum Gasteiger partial charge on any atom is 0.329 e. The van der Waals surface area contributed by atoms with Gasteiger partial charge in [0.2, 0.25) is 0 Å². The second-order valence-corrected chi connectivity index (χ2v) is 3.58. The number of aryl methyl sites for hydroxylation is 1. The minimum absolute atomic E-state index is 0.137. The first-order chi connectivity index (χ1) is 7.61. The largest absolute Gasteiger partial charge is 0.464 e. The molecule has 16 heavy (non-hydrogen) atoms. The summed E-state index contributed by atoms with van der Waals surface area (Å²) in [6.07, 6.45) is 2.17. The Labute approximate surface area is 94.9 Å². The van der Waals surface area contributed by atoms with Crippen molar-refractivity contribution >= 4 is 5.97 Å². The van der Waals surface area contributed by atoms with Gasteiger partial charge in [-0.05, 0) is 26.3 Å². The molecule has 1 heterocycles. The Morgan fingerprint density at radius 3 is 2.75 bits per heavy atom. The van der Waals surface area contributed by atoms with E-state index in [2.05, 4.69) is 0 Å². The molecule has 4 nitrogen and oxygen atoms in total. The van der Waals surface area contributed by atoms with Gasteiger partial charge in [-0.2, -0.15) is 0 Å². The van der Waals surface area contributed by atoms with Crippen LogP contribution in [0.15, 0.2) is 23.1 Å². The molecule has 0 bridgehead atoms. The van der Waals surface area contributed by atoms with E-state index < -0.39 is 6.04 Å². The number of carbonyl (C=O) groups excluding carboxylic acids is 1. The smallest absolute Gasteiger partial charge is 0.329 e. The van der Waals surface area contributed by atoms with Crippen LogP contribution in [0, 0.1) is 6.92 Å². The molecule has 1 rings (SSSR count). The summed E-state index contributed by atoms with van der Waals surface area (Å²) in [4.78, 5) is 23.5. The van der Waals surface area contributed by atoms with Crippen molar-refractivity contribution in [3.8, 4) is 0 Å². The summed E-state index contributed by atoms with van der Waals surface area (Å²) in [6, 6.07) is 2.97. The van der Waals surface area contributed by atoms with Crippen LogP contribution < -0.4 is 5.56 Å². The van der Waals surface area contributed by atoms with Crippen LogP contribution in [-0.2, 0) is 9.53 Å². The summed E-state index contributed by atoms with van der Waals surface area (Å²) in [5.41, 5.74) is 0.493. The van der Waals surface area contributed by atoms with E-state index in [0.29, 0.717) is 18.6 Å². The van der Waals surface area contributed by atoms with Gasteiger partial charge in [0, 0.05) is 11.8 Å². The fraction of sp³-hybridized carbons (Fsp3) is 0.500. The van der Waals surface area contributed by atoms with Gasteiger partial charge in [0.15, 0.2) is 0 Å². The topological polar surface area (TPSA) is 48.3 Å². The average molecular weight is 223 g/mol. The number of ether oxygens (including phenoxy) is 1. The molecule has 1 aromatic heterocycles. The van der Waals surface area contributed by atoms with Crippen molar-refractivity contribution in [1.29, 1.82) is 0 Å². The third-order valence-corrected chi connectivity index (χ3v) is 2.45. The van der Waals surface area contributed by atoms with Gasteiger partial charge in [0.25, 0.3) is 5.56 Å². The van der Waals surface area contributed by atoms with Crippen molar-refractivity contribution in [3.63, 3.8) is 0 Å². The normalized spacial score (nSPS) is 12.2. The van der Waals surface area contributed by atoms with Crippen LogP contribution in [0.4, 0.5) is 0 Å². The van der Waals surface area contributed by atoms with Crippen molar-refractivity contribution in [2.45, 2.75) is 33.2 Å². The molecule has 0 saturated carbocycles. The molecule has 1 aromatic rings. The molecule has 1 atom stereocenters. The Balaban J connectivity index is 3.09. The van der Waals surface area contributed by atoms with Crippen LogP contribution in [0.25, 0.3) is 0 Å². The number of aromatic nitrogens is 1. The van der Waals surface area contributed by atoms with Crippen LogP contribution in [0.3, 0.4) is 0 Å². The van der Waals surface area contributed by atoms with Crippen LogP contribution in [0.5, 0.6) is 0 Å². The average Bonchev–Trinajstić information content (AvgIpc) is 2.25.